The van der Waals surface area contributed by atoms with E-state index in [1.54, 1.807) is 0 Å². The van der Waals surface area contributed by atoms with Crippen LogP contribution in [0.15, 0.2) is 0 Å². The van der Waals surface area contributed by atoms with E-state index in [2.05, 4.69) is 21.6 Å². The zero-order valence-corrected chi connectivity index (χ0v) is 10.2. The van der Waals surface area contributed by atoms with Gasteiger partial charge in [-0.2, -0.15) is 4.37 Å². The van der Waals surface area contributed by atoms with Gasteiger partial charge >= 0.3 is 0 Å². The standard InChI is InChI=1S/C9H16ClN3S/c1-3-5-7(10)6-11-9-12-8(4-2)13-14-9/h7H,3-6H2,1-2H3,(H,11,12,13). The molecule has 1 aromatic heterocycles. The summed E-state index contributed by atoms with van der Waals surface area (Å²) in [6.45, 7) is 4.95. The molecule has 0 amide bonds. The van der Waals surface area contributed by atoms with Crippen molar-refractivity contribution in [3.8, 4) is 0 Å². The van der Waals surface area contributed by atoms with Crippen molar-refractivity contribution < 1.29 is 0 Å². The van der Waals surface area contributed by atoms with Crippen LogP contribution in [-0.4, -0.2) is 21.3 Å². The normalized spacial score (nSPS) is 12.8. The first kappa shape index (κ1) is 11.7. The van der Waals surface area contributed by atoms with Crippen molar-refractivity contribution in [3.05, 3.63) is 5.82 Å². The monoisotopic (exact) mass is 233 g/mol. The van der Waals surface area contributed by atoms with Crippen LogP contribution in [0.2, 0.25) is 0 Å². The summed E-state index contributed by atoms with van der Waals surface area (Å²) in [6.07, 6.45) is 3.04. The van der Waals surface area contributed by atoms with Gasteiger partial charge in [0, 0.05) is 24.5 Å². The minimum absolute atomic E-state index is 0.189. The van der Waals surface area contributed by atoms with Gasteiger partial charge in [0.1, 0.15) is 5.82 Å². The number of hydrogen-bond donors (Lipinski definition) is 1. The maximum absolute atomic E-state index is 6.07. The second-order valence-electron chi connectivity index (χ2n) is 3.14. The van der Waals surface area contributed by atoms with E-state index < -0.39 is 0 Å². The Hall–Kier alpha value is -0.350. The minimum atomic E-state index is 0.189. The number of aryl methyl sites for hydroxylation is 1. The summed E-state index contributed by atoms with van der Waals surface area (Å²) >= 11 is 7.47. The second kappa shape index (κ2) is 6.19. The van der Waals surface area contributed by atoms with Crippen LogP contribution in [0.4, 0.5) is 5.13 Å². The van der Waals surface area contributed by atoms with Crippen molar-refractivity contribution in [1.29, 1.82) is 0 Å². The molecule has 1 unspecified atom stereocenters. The number of hydrogen-bond acceptors (Lipinski definition) is 4. The maximum atomic E-state index is 6.07. The fourth-order valence-electron chi connectivity index (χ4n) is 1.08. The van der Waals surface area contributed by atoms with Crippen molar-refractivity contribution in [1.82, 2.24) is 9.36 Å². The van der Waals surface area contributed by atoms with Crippen LogP contribution in [0.5, 0.6) is 0 Å². The quantitative estimate of drug-likeness (QED) is 0.768. The largest absolute Gasteiger partial charge is 0.359 e. The molecule has 0 saturated carbocycles. The Balaban J connectivity index is 2.30. The molecule has 0 radical (unpaired) electrons. The maximum Gasteiger partial charge on any atom is 0.202 e. The number of alkyl halides is 1. The van der Waals surface area contributed by atoms with Crippen LogP contribution in [0.1, 0.15) is 32.5 Å². The van der Waals surface area contributed by atoms with E-state index in [4.69, 9.17) is 11.6 Å². The highest BCUT2D eigenvalue weighted by atomic mass is 35.5. The van der Waals surface area contributed by atoms with Gasteiger partial charge in [0.15, 0.2) is 0 Å². The zero-order valence-electron chi connectivity index (χ0n) is 8.59. The third-order valence-corrected chi connectivity index (χ3v) is 2.94. The summed E-state index contributed by atoms with van der Waals surface area (Å²) in [5, 5.41) is 4.26. The number of aromatic nitrogens is 2. The molecule has 1 heterocycles. The number of rotatable bonds is 6. The zero-order chi connectivity index (χ0) is 10.4. The lowest BCUT2D eigenvalue weighted by atomic mass is 10.2. The fraction of sp³-hybridized carbons (Fsp3) is 0.778. The molecule has 0 aliphatic carbocycles. The van der Waals surface area contributed by atoms with E-state index in [1.165, 1.54) is 11.5 Å². The molecule has 0 saturated heterocycles. The molecule has 1 aromatic rings. The topological polar surface area (TPSA) is 37.8 Å². The SMILES string of the molecule is CCCC(Cl)CNc1nc(CC)ns1. The molecule has 0 aliphatic rings. The van der Waals surface area contributed by atoms with Gasteiger partial charge in [-0.15, -0.1) is 11.6 Å². The van der Waals surface area contributed by atoms with E-state index in [9.17, 15) is 0 Å². The van der Waals surface area contributed by atoms with Gasteiger partial charge in [0.05, 0.1) is 5.38 Å². The van der Waals surface area contributed by atoms with Crippen molar-refractivity contribution in [2.45, 2.75) is 38.5 Å². The van der Waals surface area contributed by atoms with Crippen LogP contribution in [0.3, 0.4) is 0 Å². The molecule has 0 aliphatic heterocycles. The number of nitrogens with zero attached hydrogens (tertiary/aromatic N) is 2. The van der Waals surface area contributed by atoms with Gasteiger partial charge in [-0.1, -0.05) is 20.3 Å². The fourth-order valence-corrected chi connectivity index (χ4v) is 2.03. The lowest BCUT2D eigenvalue weighted by Gasteiger charge is -2.07. The van der Waals surface area contributed by atoms with Gasteiger partial charge in [-0.3, -0.25) is 0 Å². The van der Waals surface area contributed by atoms with Gasteiger partial charge < -0.3 is 5.32 Å². The summed E-state index contributed by atoms with van der Waals surface area (Å²) < 4.78 is 4.18. The third-order valence-electron chi connectivity index (χ3n) is 1.86. The van der Waals surface area contributed by atoms with Crippen LogP contribution in [-0.2, 0) is 6.42 Å². The lowest BCUT2D eigenvalue weighted by molar-refractivity contribution is 0.751. The summed E-state index contributed by atoms with van der Waals surface area (Å²) in [6, 6.07) is 0. The van der Waals surface area contributed by atoms with Gasteiger partial charge in [0.2, 0.25) is 5.13 Å². The van der Waals surface area contributed by atoms with E-state index in [-0.39, 0.29) is 5.38 Å². The van der Waals surface area contributed by atoms with Crippen LogP contribution in [0, 0.1) is 0 Å². The minimum Gasteiger partial charge on any atom is -0.359 e. The molecule has 0 fully saturated rings. The predicted molar refractivity (Wildman–Crippen MR) is 62.3 cm³/mol. The Morgan fingerprint density at radius 1 is 1.50 bits per heavy atom. The lowest BCUT2D eigenvalue weighted by Crippen LogP contribution is -2.13. The molecular weight excluding hydrogens is 218 g/mol. The highest BCUT2D eigenvalue weighted by molar-refractivity contribution is 7.09. The van der Waals surface area contributed by atoms with E-state index in [0.717, 1.165) is 36.8 Å². The number of nitrogens with one attached hydrogen (secondary N) is 1. The molecule has 1 atom stereocenters. The molecule has 3 nitrogen and oxygen atoms in total. The third kappa shape index (κ3) is 3.80. The van der Waals surface area contributed by atoms with E-state index in [1.807, 2.05) is 6.92 Å². The summed E-state index contributed by atoms with van der Waals surface area (Å²) in [5.74, 6) is 0.902. The van der Waals surface area contributed by atoms with Crippen LogP contribution < -0.4 is 5.32 Å². The Morgan fingerprint density at radius 2 is 2.29 bits per heavy atom. The average Bonchev–Trinajstić information content (AvgIpc) is 2.63. The molecule has 1 rings (SSSR count). The molecule has 80 valence electrons. The average molecular weight is 234 g/mol. The molecule has 14 heavy (non-hydrogen) atoms. The van der Waals surface area contributed by atoms with Crippen molar-refractivity contribution in [3.63, 3.8) is 0 Å². The molecule has 0 aromatic carbocycles. The number of halogens is 1. The van der Waals surface area contributed by atoms with Crippen molar-refractivity contribution in [2.75, 3.05) is 11.9 Å². The molecular formula is C9H16ClN3S. The Kier molecular flexibility index (Phi) is 5.19. The Morgan fingerprint density at radius 3 is 2.86 bits per heavy atom. The molecule has 0 spiro atoms. The Labute approximate surface area is 94.1 Å². The van der Waals surface area contributed by atoms with Gasteiger partial charge in [0.25, 0.3) is 0 Å². The highest BCUT2D eigenvalue weighted by Crippen LogP contribution is 2.13. The van der Waals surface area contributed by atoms with Crippen molar-refractivity contribution in [2.24, 2.45) is 0 Å². The first-order valence-corrected chi connectivity index (χ1v) is 6.17. The first-order chi connectivity index (χ1) is 6.76. The van der Waals surface area contributed by atoms with Gasteiger partial charge in [-0.05, 0) is 6.42 Å². The Bertz CT molecular complexity index is 264. The van der Waals surface area contributed by atoms with E-state index in [0.29, 0.717) is 0 Å². The van der Waals surface area contributed by atoms with Gasteiger partial charge in [-0.25, -0.2) is 4.98 Å². The predicted octanol–water partition coefficient (Wildman–Crippen LogP) is 2.92. The summed E-state index contributed by atoms with van der Waals surface area (Å²) in [4.78, 5) is 4.30. The van der Waals surface area contributed by atoms with E-state index >= 15 is 0 Å². The second-order valence-corrected chi connectivity index (χ2v) is 4.51. The summed E-state index contributed by atoms with van der Waals surface area (Å²) in [5.41, 5.74) is 0. The first-order valence-electron chi connectivity index (χ1n) is 4.96. The highest BCUT2D eigenvalue weighted by Gasteiger charge is 2.05. The van der Waals surface area contributed by atoms with Crippen LogP contribution >= 0.6 is 23.1 Å². The molecule has 1 N–H and O–H groups in total. The number of anilines is 1. The van der Waals surface area contributed by atoms with Crippen molar-refractivity contribution >= 4 is 28.3 Å². The van der Waals surface area contributed by atoms with Crippen LogP contribution in [0.25, 0.3) is 0 Å². The molecule has 5 heteroatoms. The summed E-state index contributed by atoms with van der Waals surface area (Å²) in [7, 11) is 0. The smallest absolute Gasteiger partial charge is 0.202 e. The molecule has 0 bridgehead atoms.